The summed E-state index contributed by atoms with van der Waals surface area (Å²) in [6, 6.07) is 11.4. The summed E-state index contributed by atoms with van der Waals surface area (Å²) in [5, 5.41) is 1.11. The van der Waals surface area contributed by atoms with Gasteiger partial charge in [-0.05, 0) is 29.7 Å². The highest BCUT2D eigenvalue weighted by molar-refractivity contribution is 7.80. The van der Waals surface area contributed by atoms with Crippen molar-refractivity contribution in [3.63, 3.8) is 0 Å². The number of thiol groups is 1. The molecule has 0 N–H and O–H groups in total. The fraction of sp³-hybridized carbons (Fsp3) is 0.250. The number of pyridine rings is 1. The van der Waals surface area contributed by atoms with E-state index in [0.717, 1.165) is 29.6 Å². The highest BCUT2D eigenvalue weighted by Crippen LogP contribution is 2.11. The number of hydrogen-bond donors (Lipinski definition) is 1. The first-order valence-electron chi connectivity index (χ1n) is 5.02. The lowest BCUT2D eigenvalue weighted by Crippen LogP contribution is -2.19. The van der Waals surface area contributed by atoms with E-state index in [4.69, 9.17) is 0 Å². The van der Waals surface area contributed by atoms with Crippen molar-refractivity contribution in [1.29, 1.82) is 0 Å². The highest BCUT2D eigenvalue weighted by atomic mass is 32.1. The zero-order valence-corrected chi connectivity index (χ0v) is 9.28. The molecule has 0 saturated heterocycles. The fourth-order valence-electron chi connectivity index (χ4n) is 1.70. The molecule has 1 aromatic carbocycles. The van der Waals surface area contributed by atoms with Crippen molar-refractivity contribution in [3.8, 4) is 0 Å². The van der Waals surface area contributed by atoms with Crippen molar-refractivity contribution in [3.05, 3.63) is 46.8 Å². The second-order valence-corrected chi connectivity index (χ2v) is 3.91. The van der Waals surface area contributed by atoms with Crippen LogP contribution in [0.15, 0.2) is 41.2 Å². The van der Waals surface area contributed by atoms with Gasteiger partial charge >= 0.3 is 0 Å². The summed E-state index contributed by atoms with van der Waals surface area (Å²) >= 11 is 4.16. The van der Waals surface area contributed by atoms with Gasteiger partial charge in [0.2, 0.25) is 0 Å². The minimum Gasteiger partial charge on any atom is -0.308 e. The first-order chi connectivity index (χ1) is 7.33. The van der Waals surface area contributed by atoms with Crippen LogP contribution in [0.4, 0.5) is 0 Å². The topological polar surface area (TPSA) is 22.0 Å². The summed E-state index contributed by atoms with van der Waals surface area (Å²) in [6.45, 7) is 0.740. The van der Waals surface area contributed by atoms with Gasteiger partial charge < -0.3 is 4.57 Å². The monoisotopic (exact) mass is 219 g/mol. The molecule has 0 aliphatic rings. The van der Waals surface area contributed by atoms with Gasteiger partial charge in [0, 0.05) is 12.6 Å². The van der Waals surface area contributed by atoms with Crippen LogP contribution in [0, 0.1) is 0 Å². The quantitative estimate of drug-likeness (QED) is 0.786. The zero-order valence-electron chi connectivity index (χ0n) is 8.39. The Morgan fingerprint density at radius 3 is 2.73 bits per heavy atom. The maximum Gasteiger partial charge on any atom is 0.251 e. The van der Waals surface area contributed by atoms with Crippen LogP contribution in [0.5, 0.6) is 0 Å². The predicted octanol–water partition coefficient (Wildman–Crippen LogP) is 2.32. The second-order valence-electron chi connectivity index (χ2n) is 3.46. The zero-order chi connectivity index (χ0) is 10.7. The second kappa shape index (κ2) is 4.53. The molecule has 1 aromatic heterocycles. The molecule has 0 radical (unpaired) electrons. The molecule has 0 aliphatic heterocycles. The van der Waals surface area contributed by atoms with Gasteiger partial charge in [0.05, 0.1) is 5.52 Å². The largest absolute Gasteiger partial charge is 0.308 e. The number of hydrogen-bond acceptors (Lipinski definition) is 2. The Balaban J connectivity index is 2.58. The molecular formula is C12H13NOS. The van der Waals surface area contributed by atoms with Gasteiger partial charge in [0.25, 0.3) is 5.56 Å². The summed E-state index contributed by atoms with van der Waals surface area (Å²) in [4.78, 5) is 11.7. The lowest BCUT2D eigenvalue weighted by molar-refractivity contribution is 0.684. The van der Waals surface area contributed by atoms with Gasteiger partial charge in [-0.15, -0.1) is 0 Å². The molecule has 15 heavy (non-hydrogen) atoms. The van der Waals surface area contributed by atoms with Crippen LogP contribution in [0.2, 0.25) is 0 Å². The predicted molar refractivity (Wildman–Crippen MR) is 66.7 cm³/mol. The van der Waals surface area contributed by atoms with Crippen molar-refractivity contribution < 1.29 is 0 Å². The van der Waals surface area contributed by atoms with Crippen LogP contribution in [-0.2, 0) is 6.54 Å². The third-order valence-electron chi connectivity index (χ3n) is 2.44. The first-order valence-corrected chi connectivity index (χ1v) is 5.65. The molecule has 0 spiro atoms. The van der Waals surface area contributed by atoms with Crippen molar-refractivity contribution in [1.82, 2.24) is 4.57 Å². The SMILES string of the molecule is O=c1ccc2ccccc2n1CCCS. The molecule has 0 saturated carbocycles. The van der Waals surface area contributed by atoms with Gasteiger partial charge in [-0.3, -0.25) is 4.79 Å². The van der Waals surface area contributed by atoms with Gasteiger partial charge in [0.15, 0.2) is 0 Å². The fourth-order valence-corrected chi connectivity index (χ4v) is 1.84. The number of aromatic nitrogens is 1. The van der Waals surface area contributed by atoms with E-state index in [9.17, 15) is 4.79 Å². The number of nitrogens with zero attached hydrogens (tertiary/aromatic N) is 1. The van der Waals surface area contributed by atoms with E-state index < -0.39 is 0 Å². The van der Waals surface area contributed by atoms with Crippen molar-refractivity contribution in [2.75, 3.05) is 5.75 Å². The van der Waals surface area contributed by atoms with Gasteiger partial charge in [0.1, 0.15) is 0 Å². The first kappa shape index (κ1) is 10.3. The molecule has 2 rings (SSSR count). The van der Waals surface area contributed by atoms with Crippen molar-refractivity contribution in [2.45, 2.75) is 13.0 Å². The van der Waals surface area contributed by atoms with E-state index in [-0.39, 0.29) is 5.56 Å². The minimum atomic E-state index is 0.0653. The summed E-state index contributed by atoms with van der Waals surface area (Å²) in [5.41, 5.74) is 1.07. The Labute approximate surface area is 94.0 Å². The summed E-state index contributed by atoms with van der Waals surface area (Å²) in [6.07, 6.45) is 0.914. The maximum absolute atomic E-state index is 11.7. The molecule has 0 amide bonds. The lowest BCUT2D eigenvalue weighted by atomic mass is 10.2. The van der Waals surface area contributed by atoms with Gasteiger partial charge in [-0.25, -0.2) is 0 Å². The molecule has 0 bridgehead atoms. The molecule has 78 valence electrons. The van der Waals surface area contributed by atoms with E-state index in [0.29, 0.717) is 0 Å². The number of benzene rings is 1. The molecule has 0 atom stereocenters. The molecule has 0 unspecified atom stereocenters. The van der Waals surface area contributed by atoms with Crippen LogP contribution < -0.4 is 5.56 Å². The van der Waals surface area contributed by atoms with E-state index >= 15 is 0 Å². The van der Waals surface area contributed by atoms with E-state index in [1.54, 1.807) is 6.07 Å². The normalized spacial score (nSPS) is 10.7. The summed E-state index contributed by atoms with van der Waals surface area (Å²) in [7, 11) is 0. The highest BCUT2D eigenvalue weighted by Gasteiger charge is 2.00. The standard InChI is InChI=1S/C12H13NOS/c14-12-7-6-10-4-1-2-5-11(10)13(12)8-3-9-15/h1-2,4-7,15H,3,8-9H2. The average molecular weight is 219 g/mol. The van der Waals surface area contributed by atoms with Crippen LogP contribution >= 0.6 is 12.6 Å². The minimum absolute atomic E-state index is 0.0653. The third-order valence-corrected chi connectivity index (χ3v) is 2.76. The molecular weight excluding hydrogens is 206 g/mol. The maximum atomic E-state index is 11.7. The summed E-state index contributed by atoms with van der Waals surface area (Å²) in [5.74, 6) is 0.801. The number of fused-ring (bicyclic) bond motifs is 1. The smallest absolute Gasteiger partial charge is 0.251 e. The Bertz CT molecular complexity index is 518. The van der Waals surface area contributed by atoms with Crippen molar-refractivity contribution >= 4 is 23.5 Å². The Kier molecular flexibility index (Phi) is 3.11. The number of rotatable bonds is 3. The summed E-state index contributed by atoms with van der Waals surface area (Å²) < 4.78 is 1.81. The molecule has 0 aliphatic carbocycles. The lowest BCUT2D eigenvalue weighted by Gasteiger charge is -2.08. The van der Waals surface area contributed by atoms with E-state index in [1.165, 1.54) is 0 Å². The van der Waals surface area contributed by atoms with Gasteiger partial charge in [-0.1, -0.05) is 18.2 Å². The van der Waals surface area contributed by atoms with Crippen LogP contribution in [0.25, 0.3) is 10.9 Å². The van der Waals surface area contributed by atoms with Gasteiger partial charge in [-0.2, -0.15) is 12.6 Å². The molecule has 1 heterocycles. The molecule has 2 nitrogen and oxygen atoms in total. The third kappa shape index (κ3) is 2.07. The van der Waals surface area contributed by atoms with E-state index in [2.05, 4.69) is 12.6 Å². The number of aryl methyl sites for hydroxylation is 1. The van der Waals surface area contributed by atoms with Crippen LogP contribution in [0.3, 0.4) is 0 Å². The molecule has 3 heteroatoms. The van der Waals surface area contributed by atoms with Crippen LogP contribution in [0.1, 0.15) is 6.42 Å². The Morgan fingerprint density at radius 2 is 1.93 bits per heavy atom. The average Bonchev–Trinajstić information content (AvgIpc) is 2.28. The molecule has 0 fully saturated rings. The molecule has 2 aromatic rings. The van der Waals surface area contributed by atoms with E-state index in [1.807, 2.05) is 34.9 Å². The Hall–Kier alpha value is -1.22. The van der Waals surface area contributed by atoms with Crippen molar-refractivity contribution in [2.24, 2.45) is 0 Å². The Morgan fingerprint density at radius 1 is 1.13 bits per heavy atom. The van der Waals surface area contributed by atoms with Crippen LogP contribution in [-0.4, -0.2) is 10.3 Å². The number of para-hydroxylation sites is 1.